The Morgan fingerprint density at radius 3 is 2.70 bits per heavy atom. The second-order valence-corrected chi connectivity index (χ2v) is 7.81. The molecule has 0 saturated heterocycles. The fraction of sp³-hybridized carbons (Fsp3) is 0.176. The van der Waals surface area contributed by atoms with Crippen molar-refractivity contribution in [2.75, 3.05) is 19.0 Å². The van der Waals surface area contributed by atoms with Gasteiger partial charge in [-0.2, -0.15) is 4.98 Å². The van der Waals surface area contributed by atoms with Crippen molar-refractivity contribution in [3.8, 4) is 11.5 Å². The zero-order valence-electron chi connectivity index (χ0n) is 14.3. The number of hydrogen-bond donors (Lipinski definition) is 0. The highest BCUT2D eigenvalue weighted by atomic mass is 32.1. The number of esters is 1. The normalized spacial score (nSPS) is 11.1. The van der Waals surface area contributed by atoms with Crippen LogP contribution in [0.15, 0.2) is 34.9 Å². The highest BCUT2D eigenvalue weighted by molar-refractivity contribution is 7.29. The van der Waals surface area contributed by atoms with E-state index in [1.807, 2.05) is 19.0 Å². The molecule has 0 aliphatic carbocycles. The summed E-state index contributed by atoms with van der Waals surface area (Å²) in [5, 5.41) is 4.66. The number of thiazole rings is 1. The fourth-order valence-electron chi connectivity index (χ4n) is 2.24. The summed E-state index contributed by atoms with van der Waals surface area (Å²) in [5.41, 5.74) is 0.586. The molecule has 0 unspecified atom stereocenters. The number of aromatic nitrogens is 3. The molecule has 138 valence electrons. The third kappa shape index (κ3) is 3.67. The number of nitrogens with zero attached hydrogens (tertiary/aromatic N) is 4. The Morgan fingerprint density at radius 1 is 1.22 bits per heavy atom. The predicted octanol–water partition coefficient (Wildman–Crippen LogP) is 3.97. The molecule has 4 aromatic rings. The lowest BCUT2D eigenvalue weighted by molar-refractivity contribution is 0.0465. The third-order valence-corrected chi connectivity index (χ3v) is 5.86. The van der Waals surface area contributed by atoms with E-state index in [0.29, 0.717) is 10.4 Å². The van der Waals surface area contributed by atoms with Gasteiger partial charge >= 0.3 is 5.97 Å². The molecule has 1 aromatic carbocycles. The SMILES string of the molecule is CN(C)c1nc2sc(C(=O)OCc3noc(-c4ccc(F)cc4)n3)cc2s1. The molecular weight excluding hydrogens is 391 g/mol. The van der Waals surface area contributed by atoms with Crippen LogP contribution in [-0.2, 0) is 11.3 Å². The van der Waals surface area contributed by atoms with E-state index in [0.717, 1.165) is 14.7 Å². The Balaban J connectivity index is 1.42. The summed E-state index contributed by atoms with van der Waals surface area (Å²) in [5.74, 6) is -0.354. The largest absolute Gasteiger partial charge is 0.453 e. The lowest BCUT2D eigenvalue weighted by Gasteiger charge is -2.04. The van der Waals surface area contributed by atoms with Gasteiger partial charge in [0, 0.05) is 19.7 Å². The standard InChI is InChI=1S/C17H13FN4O3S2/c1-22(2)17-20-15-11(27-17)7-12(26-15)16(23)24-8-13-19-14(25-21-13)9-3-5-10(18)6-4-9/h3-7H,8H2,1-2H3. The third-order valence-electron chi connectivity index (χ3n) is 3.55. The van der Waals surface area contributed by atoms with Crippen molar-refractivity contribution in [1.82, 2.24) is 15.1 Å². The van der Waals surface area contributed by atoms with Crippen LogP contribution >= 0.6 is 22.7 Å². The van der Waals surface area contributed by atoms with Crippen LogP contribution in [-0.4, -0.2) is 35.2 Å². The van der Waals surface area contributed by atoms with Crippen molar-refractivity contribution in [2.24, 2.45) is 0 Å². The zero-order chi connectivity index (χ0) is 19.0. The smallest absolute Gasteiger partial charge is 0.348 e. The van der Waals surface area contributed by atoms with Gasteiger partial charge in [-0.15, -0.1) is 11.3 Å². The van der Waals surface area contributed by atoms with Crippen molar-refractivity contribution in [1.29, 1.82) is 0 Å². The Morgan fingerprint density at radius 2 is 2.00 bits per heavy atom. The molecule has 7 nitrogen and oxygen atoms in total. The molecule has 3 heterocycles. The van der Waals surface area contributed by atoms with Gasteiger partial charge in [0.1, 0.15) is 15.5 Å². The molecule has 0 aliphatic rings. The Hall–Kier alpha value is -2.85. The fourth-order valence-corrected chi connectivity index (χ4v) is 4.27. The first-order valence-corrected chi connectivity index (χ1v) is 9.46. The first kappa shape index (κ1) is 17.6. The van der Waals surface area contributed by atoms with E-state index in [9.17, 15) is 9.18 Å². The molecule has 0 saturated carbocycles. The number of benzene rings is 1. The van der Waals surface area contributed by atoms with Crippen LogP contribution in [0.1, 0.15) is 15.5 Å². The minimum atomic E-state index is -0.468. The molecular formula is C17H13FN4O3S2. The molecule has 0 fully saturated rings. The molecule has 0 bridgehead atoms. The first-order valence-electron chi connectivity index (χ1n) is 7.83. The minimum Gasteiger partial charge on any atom is -0.453 e. The first-order chi connectivity index (χ1) is 13.0. The molecule has 0 radical (unpaired) electrons. The van der Waals surface area contributed by atoms with Crippen LogP contribution < -0.4 is 4.90 Å². The van der Waals surface area contributed by atoms with Crippen LogP contribution in [0, 0.1) is 5.82 Å². The zero-order valence-corrected chi connectivity index (χ0v) is 15.9. The Bertz CT molecular complexity index is 1070. The average Bonchev–Trinajstić information content (AvgIpc) is 3.34. The summed E-state index contributed by atoms with van der Waals surface area (Å²) in [7, 11) is 3.84. The number of carbonyl (C=O) groups is 1. The second kappa shape index (κ2) is 7.05. The van der Waals surface area contributed by atoms with Crippen molar-refractivity contribution < 1.29 is 18.4 Å². The maximum Gasteiger partial charge on any atom is 0.348 e. The van der Waals surface area contributed by atoms with Crippen LogP contribution in [0.5, 0.6) is 0 Å². The molecule has 0 N–H and O–H groups in total. The molecule has 0 spiro atoms. The number of ether oxygens (including phenoxy) is 1. The Labute approximate surface area is 161 Å². The number of thiophene rings is 1. The van der Waals surface area contributed by atoms with Gasteiger partial charge < -0.3 is 14.2 Å². The highest BCUT2D eigenvalue weighted by Gasteiger charge is 2.17. The van der Waals surface area contributed by atoms with Gasteiger partial charge in [-0.05, 0) is 30.3 Å². The molecule has 4 rings (SSSR count). The van der Waals surface area contributed by atoms with Crippen molar-refractivity contribution >= 4 is 43.3 Å². The minimum absolute atomic E-state index is 0.120. The summed E-state index contributed by atoms with van der Waals surface area (Å²) in [6.45, 7) is -0.120. The van der Waals surface area contributed by atoms with Crippen molar-refractivity contribution in [3.63, 3.8) is 0 Å². The summed E-state index contributed by atoms with van der Waals surface area (Å²) in [6, 6.07) is 7.44. The number of rotatable bonds is 5. The van der Waals surface area contributed by atoms with Gasteiger partial charge in [-0.25, -0.2) is 14.2 Å². The van der Waals surface area contributed by atoms with Gasteiger partial charge in [-0.1, -0.05) is 16.5 Å². The topological polar surface area (TPSA) is 81.4 Å². The van der Waals surface area contributed by atoms with Gasteiger partial charge in [0.25, 0.3) is 5.89 Å². The summed E-state index contributed by atoms with van der Waals surface area (Å²) >= 11 is 2.79. The summed E-state index contributed by atoms with van der Waals surface area (Å²) in [4.78, 5) is 24.1. The predicted molar refractivity (Wildman–Crippen MR) is 101 cm³/mol. The van der Waals surface area contributed by atoms with Crippen LogP contribution in [0.4, 0.5) is 9.52 Å². The van der Waals surface area contributed by atoms with E-state index >= 15 is 0 Å². The number of carbonyl (C=O) groups excluding carboxylic acids is 1. The summed E-state index contributed by atoms with van der Waals surface area (Å²) in [6.07, 6.45) is 0. The monoisotopic (exact) mass is 404 g/mol. The van der Waals surface area contributed by atoms with E-state index in [4.69, 9.17) is 9.26 Å². The number of fused-ring (bicyclic) bond motifs is 1. The van der Waals surface area contributed by atoms with Crippen LogP contribution in [0.25, 0.3) is 21.0 Å². The lowest BCUT2D eigenvalue weighted by Crippen LogP contribution is -2.07. The van der Waals surface area contributed by atoms with Crippen molar-refractivity contribution in [3.05, 3.63) is 46.9 Å². The van der Waals surface area contributed by atoms with E-state index < -0.39 is 5.97 Å². The van der Waals surface area contributed by atoms with E-state index in [2.05, 4.69) is 15.1 Å². The van der Waals surface area contributed by atoms with Crippen molar-refractivity contribution in [2.45, 2.75) is 6.61 Å². The quantitative estimate of drug-likeness (QED) is 0.466. The summed E-state index contributed by atoms with van der Waals surface area (Å²) < 4.78 is 24.3. The van der Waals surface area contributed by atoms with Crippen LogP contribution in [0.2, 0.25) is 0 Å². The van der Waals surface area contributed by atoms with Gasteiger partial charge in [-0.3, -0.25) is 0 Å². The highest BCUT2D eigenvalue weighted by Crippen LogP contribution is 2.34. The molecule has 27 heavy (non-hydrogen) atoms. The number of hydrogen-bond acceptors (Lipinski definition) is 9. The van der Waals surface area contributed by atoms with Gasteiger partial charge in [0.05, 0.1) is 4.70 Å². The van der Waals surface area contributed by atoms with Gasteiger partial charge in [0.15, 0.2) is 11.7 Å². The van der Waals surface area contributed by atoms with E-state index in [-0.39, 0.29) is 24.1 Å². The second-order valence-electron chi connectivity index (χ2n) is 5.77. The van der Waals surface area contributed by atoms with Gasteiger partial charge in [0.2, 0.25) is 5.82 Å². The molecule has 0 atom stereocenters. The maximum atomic E-state index is 13.0. The number of anilines is 1. The van der Waals surface area contributed by atoms with E-state index in [1.165, 1.54) is 46.9 Å². The molecule has 3 aromatic heterocycles. The average molecular weight is 404 g/mol. The maximum absolute atomic E-state index is 13.0. The number of halogens is 1. The molecule has 0 amide bonds. The van der Waals surface area contributed by atoms with E-state index in [1.54, 1.807) is 6.07 Å². The van der Waals surface area contributed by atoms with Crippen LogP contribution in [0.3, 0.4) is 0 Å². The Kier molecular flexibility index (Phi) is 4.58. The molecule has 0 aliphatic heterocycles. The lowest BCUT2D eigenvalue weighted by atomic mass is 10.2. The molecule has 10 heteroatoms.